The first-order chi connectivity index (χ1) is 15.6. The fourth-order valence-corrected chi connectivity index (χ4v) is 3.48. The molecule has 14 nitrogen and oxygen atoms in total. The van der Waals surface area contributed by atoms with Crippen LogP contribution in [0.2, 0.25) is 0 Å². The van der Waals surface area contributed by atoms with E-state index in [0.29, 0.717) is 0 Å². The normalized spacial score (nSPS) is 14.3. The molecule has 0 saturated heterocycles. The van der Waals surface area contributed by atoms with Crippen LogP contribution in [0, 0.1) is 27.2 Å². The van der Waals surface area contributed by atoms with Crippen LogP contribution >= 0.6 is 0 Å². The number of carbonyl (C=O) groups excluding carboxylic acids is 4. The molecule has 33 heavy (non-hydrogen) atoms. The summed E-state index contributed by atoms with van der Waals surface area (Å²) >= 11 is 0. The van der Waals surface area contributed by atoms with Crippen LogP contribution in [0.3, 0.4) is 0 Å². The molecule has 0 saturated carbocycles. The molecule has 0 fully saturated rings. The maximum Gasteiger partial charge on any atom is 0.294 e. The summed E-state index contributed by atoms with van der Waals surface area (Å²) in [6, 6.07) is 0.649. The van der Waals surface area contributed by atoms with Gasteiger partial charge in [0.25, 0.3) is 27.9 Å². The molecular weight excluding hydrogens is 444 g/mol. The summed E-state index contributed by atoms with van der Waals surface area (Å²) in [6.45, 7) is 3.69. The number of aryl methyl sites for hydroxylation is 1. The predicted molar refractivity (Wildman–Crippen MR) is 108 cm³/mol. The summed E-state index contributed by atoms with van der Waals surface area (Å²) in [5.41, 5.74) is 0.134. The van der Waals surface area contributed by atoms with Crippen LogP contribution in [0.1, 0.15) is 63.3 Å². The lowest BCUT2D eigenvalue weighted by Gasteiger charge is -2.25. The Labute approximate surface area is 187 Å². The van der Waals surface area contributed by atoms with Crippen LogP contribution in [-0.2, 0) is 14.5 Å². The highest BCUT2D eigenvalue weighted by Crippen LogP contribution is 2.29. The van der Waals surface area contributed by atoms with E-state index < -0.39 is 53.2 Å². The number of nitrogens with zero attached hydrogens (tertiary/aromatic N) is 4. The number of amides is 4. The third kappa shape index (κ3) is 5.22. The molecule has 2 rings (SSSR count). The van der Waals surface area contributed by atoms with Crippen molar-refractivity contribution in [3.63, 3.8) is 0 Å². The van der Waals surface area contributed by atoms with Gasteiger partial charge in [0, 0.05) is 5.56 Å². The molecule has 0 aliphatic carbocycles. The maximum atomic E-state index is 13.0. The van der Waals surface area contributed by atoms with E-state index in [4.69, 9.17) is 0 Å². The molecule has 14 heteroatoms. The summed E-state index contributed by atoms with van der Waals surface area (Å²) in [4.78, 5) is 81.6. The Morgan fingerprint density at radius 1 is 1.06 bits per heavy atom. The number of hydrogen-bond acceptors (Lipinski definition) is 10. The van der Waals surface area contributed by atoms with Gasteiger partial charge >= 0.3 is 0 Å². The SMILES string of the molecule is CCC(CO[N+](=O)[O-])N(C=O)C(=O)c1cc2c(cc1C)C(=O)N(C(CC)CO[N+](=O)[O-])C2=O. The second kappa shape index (κ2) is 10.5. The summed E-state index contributed by atoms with van der Waals surface area (Å²) in [7, 11) is 0. The van der Waals surface area contributed by atoms with Gasteiger partial charge < -0.3 is 9.68 Å². The van der Waals surface area contributed by atoms with E-state index in [0.717, 1.165) is 9.80 Å². The first-order valence-corrected chi connectivity index (χ1v) is 9.92. The number of imide groups is 2. The quantitative estimate of drug-likeness (QED) is 0.188. The van der Waals surface area contributed by atoms with Gasteiger partial charge in [-0.05, 0) is 37.5 Å². The van der Waals surface area contributed by atoms with E-state index in [9.17, 15) is 39.4 Å². The van der Waals surface area contributed by atoms with Crippen molar-refractivity contribution in [2.45, 2.75) is 45.7 Å². The lowest BCUT2D eigenvalue weighted by Crippen LogP contribution is -2.42. The summed E-state index contributed by atoms with van der Waals surface area (Å²) in [6.07, 6.45) is 0.577. The number of hydrogen-bond donors (Lipinski definition) is 0. The first kappa shape index (κ1) is 25.2. The van der Waals surface area contributed by atoms with Crippen molar-refractivity contribution < 1.29 is 39.0 Å². The van der Waals surface area contributed by atoms with Crippen LogP contribution in [0.5, 0.6) is 0 Å². The third-order valence-electron chi connectivity index (χ3n) is 5.29. The lowest BCUT2D eigenvalue weighted by atomic mass is 9.99. The Morgan fingerprint density at radius 3 is 2.09 bits per heavy atom. The highest BCUT2D eigenvalue weighted by atomic mass is 17.0. The molecule has 0 spiro atoms. The minimum Gasteiger partial charge on any atom is -0.312 e. The van der Waals surface area contributed by atoms with Crippen molar-refractivity contribution in [1.29, 1.82) is 0 Å². The zero-order chi connectivity index (χ0) is 24.9. The molecule has 4 amide bonds. The van der Waals surface area contributed by atoms with Crippen molar-refractivity contribution in [2.75, 3.05) is 13.2 Å². The summed E-state index contributed by atoms with van der Waals surface area (Å²) in [5, 5.41) is 18.9. The molecule has 1 aliphatic rings. The zero-order valence-electron chi connectivity index (χ0n) is 18.1. The number of benzene rings is 1. The third-order valence-corrected chi connectivity index (χ3v) is 5.29. The van der Waals surface area contributed by atoms with Crippen LogP contribution < -0.4 is 0 Å². The minimum atomic E-state index is -1.04. The summed E-state index contributed by atoms with van der Waals surface area (Å²) < 4.78 is 0. The van der Waals surface area contributed by atoms with Gasteiger partial charge in [-0.1, -0.05) is 13.8 Å². The Bertz CT molecular complexity index is 995. The van der Waals surface area contributed by atoms with Crippen molar-refractivity contribution in [3.8, 4) is 0 Å². The standard InChI is InChI=1S/C19H22N4O10/c1-4-12(8-32-22(28)29)20(10-24)17(25)14-7-16-15(6-11(14)3)18(26)21(19(16)27)13(5-2)9-33-23(30)31/h6-7,10,12-13H,4-5,8-9H2,1-3H3. The molecule has 0 N–H and O–H groups in total. The first-order valence-electron chi connectivity index (χ1n) is 9.92. The van der Waals surface area contributed by atoms with Gasteiger partial charge in [0.15, 0.2) is 0 Å². The molecule has 1 aliphatic heterocycles. The number of fused-ring (bicyclic) bond motifs is 1. The van der Waals surface area contributed by atoms with Crippen LogP contribution in [0.25, 0.3) is 0 Å². The molecule has 0 radical (unpaired) electrons. The van der Waals surface area contributed by atoms with Crippen molar-refractivity contribution in [3.05, 3.63) is 54.6 Å². The Balaban J connectivity index is 2.39. The second-order valence-corrected chi connectivity index (χ2v) is 7.17. The Morgan fingerprint density at radius 2 is 1.61 bits per heavy atom. The van der Waals surface area contributed by atoms with E-state index in [1.807, 2.05) is 0 Å². The van der Waals surface area contributed by atoms with Gasteiger partial charge in [0.2, 0.25) is 6.41 Å². The van der Waals surface area contributed by atoms with Gasteiger partial charge in [-0.2, -0.15) is 0 Å². The molecule has 1 aromatic rings. The van der Waals surface area contributed by atoms with Gasteiger partial charge in [-0.3, -0.25) is 29.0 Å². The van der Waals surface area contributed by atoms with E-state index in [1.165, 1.54) is 19.1 Å². The van der Waals surface area contributed by atoms with Crippen molar-refractivity contribution >= 4 is 24.1 Å². The maximum absolute atomic E-state index is 13.0. The average Bonchev–Trinajstić information content (AvgIpc) is 3.00. The average molecular weight is 466 g/mol. The van der Waals surface area contributed by atoms with Gasteiger partial charge in [0.05, 0.1) is 23.2 Å². The van der Waals surface area contributed by atoms with Crippen LogP contribution in [-0.4, -0.2) is 69.4 Å². The second-order valence-electron chi connectivity index (χ2n) is 7.17. The molecule has 1 heterocycles. The Hall–Kier alpha value is -4.10. The minimum absolute atomic E-state index is 0.00924. The lowest BCUT2D eigenvalue weighted by molar-refractivity contribution is -0.758. The summed E-state index contributed by atoms with van der Waals surface area (Å²) in [5.74, 6) is -2.27. The zero-order valence-corrected chi connectivity index (χ0v) is 18.1. The fraction of sp³-hybridized carbons (Fsp3) is 0.474. The molecular formula is C19H22N4O10. The number of rotatable bonds is 12. The predicted octanol–water partition coefficient (Wildman–Crippen LogP) is 1.16. The van der Waals surface area contributed by atoms with Gasteiger partial charge in [0.1, 0.15) is 13.2 Å². The van der Waals surface area contributed by atoms with E-state index >= 15 is 0 Å². The smallest absolute Gasteiger partial charge is 0.294 e. The molecule has 2 atom stereocenters. The molecule has 1 aromatic carbocycles. The molecule has 0 aromatic heterocycles. The van der Waals surface area contributed by atoms with Crippen LogP contribution in [0.4, 0.5) is 0 Å². The fourth-order valence-electron chi connectivity index (χ4n) is 3.48. The molecule has 2 unspecified atom stereocenters. The monoisotopic (exact) mass is 466 g/mol. The van der Waals surface area contributed by atoms with E-state index in [-0.39, 0.29) is 41.5 Å². The largest absolute Gasteiger partial charge is 0.312 e. The van der Waals surface area contributed by atoms with Crippen molar-refractivity contribution in [1.82, 2.24) is 9.80 Å². The number of carbonyl (C=O) groups is 4. The highest BCUT2D eigenvalue weighted by molar-refractivity contribution is 6.22. The Kier molecular flexibility index (Phi) is 7.99. The highest BCUT2D eigenvalue weighted by Gasteiger charge is 2.41. The van der Waals surface area contributed by atoms with Crippen LogP contribution in [0.15, 0.2) is 12.1 Å². The topological polar surface area (TPSA) is 180 Å². The van der Waals surface area contributed by atoms with Crippen molar-refractivity contribution in [2.24, 2.45) is 0 Å². The van der Waals surface area contributed by atoms with E-state index in [2.05, 4.69) is 9.68 Å². The van der Waals surface area contributed by atoms with Gasteiger partial charge in [-0.25, -0.2) is 0 Å². The van der Waals surface area contributed by atoms with Gasteiger partial charge in [-0.15, -0.1) is 20.2 Å². The molecule has 178 valence electrons. The van der Waals surface area contributed by atoms with E-state index in [1.54, 1.807) is 13.8 Å². The molecule has 0 bridgehead atoms.